The normalized spacial score (nSPS) is 14.4. The molecule has 0 radical (unpaired) electrons. The molecule has 1 aromatic carbocycles. The van der Waals surface area contributed by atoms with E-state index in [-0.39, 0.29) is 29.1 Å². The Morgan fingerprint density at radius 1 is 1.27 bits per heavy atom. The average Bonchev–Trinajstić information content (AvgIpc) is 3.16. The summed E-state index contributed by atoms with van der Waals surface area (Å²) in [4.78, 5) is 11.9. The second-order valence-electron chi connectivity index (χ2n) is 5.09. The van der Waals surface area contributed by atoms with Crippen LogP contribution in [0.15, 0.2) is 32.1 Å². The summed E-state index contributed by atoms with van der Waals surface area (Å²) in [6.45, 7) is 0. The van der Waals surface area contributed by atoms with Crippen molar-refractivity contribution < 1.29 is 13.5 Å². The molecule has 1 aliphatic carbocycles. The molecule has 112 valence electrons. The van der Waals surface area contributed by atoms with Gasteiger partial charge in [0.25, 0.3) is 0 Å². The summed E-state index contributed by atoms with van der Waals surface area (Å²) in [5, 5.41) is 10.7. The minimum absolute atomic E-state index is 0.0217. The highest BCUT2D eigenvalue weighted by atomic mass is 19.1. The van der Waals surface area contributed by atoms with Gasteiger partial charge in [-0.05, 0) is 52.8 Å². The standard InChI is InChI=1S/C13H10FN5O3/c14-9-4-3-7(5-8(9)6-1-2-6)19-12(18-21-13(19)20)10-11(15)17-22-16-10/h3-6H,1-2H2,(H2,15,17). The van der Waals surface area contributed by atoms with Gasteiger partial charge in [0.1, 0.15) is 5.82 Å². The quantitative estimate of drug-likeness (QED) is 0.779. The molecule has 0 unspecified atom stereocenters. The van der Waals surface area contributed by atoms with Gasteiger partial charge >= 0.3 is 5.76 Å². The third-order valence-corrected chi connectivity index (χ3v) is 3.59. The summed E-state index contributed by atoms with van der Waals surface area (Å²) in [7, 11) is 0. The van der Waals surface area contributed by atoms with Crippen molar-refractivity contribution in [1.29, 1.82) is 0 Å². The number of nitrogens with zero attached hydrogens (tertiary/aromatic N) is 4. The molecule has 2 heterocycles. The van der Waals surface area contributed by atoms with E-state index >= 15 is 0 Å². The third kappa shape index (κ3) is 1.90. The van der Waals surface area contributed by atoms with Crippen LogP contribution in [0.3, 0.4) is 0 Å². The van der Waals surface area contributed by atoms with Crippen molar-refractivity contribution in [3.8, 4) is 17.2 Å². The Balaban J connectivity index is 1.90. The largest absolute Gasteiger partial charge is 0.446 e. The van der Waals surface area contributed by atoms with Crippen molar-refractivity contribution in [3.05, 3.63) is 40.1 Å². The fraction of sp³-hybridized carbons (Fsp3) is 0.231. The van der Waals surface area contributed by atoms with Gasteiger partial charge < -0.3 is 5.73 Å². The van der Waals surface area contributed by atoms with E-state index < -0.39 is 5.76 Å². The summed E-state index contributed by atoms with van der Waals surface area (Å²) in [6, 6.07) is 4.39. The van der Waals surface area contributed by atoms with E-state index in [2.05, 4.69) is 24.6 Å². The summed E-state index contributed by atoms with van der Waals surface area (Å²) in [6.07, 6.45) is 1.87. The Kier molecular flexibility index (Phi) is 2.62. The number of rotatable bonds is 3. The maximum absolute atomic E-state index is 13.9. The number of anilines is 1. The van der Waals surface area contributed by atoms with Gasteiger partial charge in [0, 0.05) is 0 Å². The summed E-state index contributed by atoms with van der Waals surface area (Å²) in [5.74, 6) is -0.799. The maximum Gasteiger partial charge on any atom is 0.446 e. The van der Waals surface area contributed by atoms with Crippen molar-refractivity contribution in [2.45, 2.75) is 18.8 Å². The number of hydrogen-bond acceptors (Lipinski definition) is 7. The molecule has 1 fully saturated rings. The molecule has 22 heavy (non-hydrogen) atoms. The molecule has 0 spiro atoms. The van der Waals surface area contributed by atoms with Gasteiger partial charge in [-0.15, -0.1) is 0 Å². The van der Waals surface area contributed by atoms with Crippen LogP contribution in [0.25, 0.3) is 17.2 Å². The highest BCUT2D eigenvalue weighted by Crippen LogP contribution is 2.41. The van der Waals surface area contributed by atoms with Gasteiger partial charge in [-0.25, -0.2) is 18.4 Å². The molecule has 0 aliphatic heterocycles. The lowest BCUT2D eigenvalue weighted by molar-refractivity contribution is 0.310. The number of hydrogen-bond donors (Lipinski definition) is 1. The van der Waals surface area contributed by atoms with E-state index in [1.165, 1.54) is 12.1 Å². The van der Waals surface area contributed by atoms with Crippen LogP contribution in [0.4, 0.5) is 10.2 Å². The van der Waals surface area contributed by atoms with Crippen LogP contribution in [-0.2, 0) is 0 Å². The Morgan fingerprint density at radius 3 is 2.77 bits per heavy atom. The fourth-order valence-corrected chi connectivity index (χ4v) is 2.36. The van der Waals surface area contributed by atoms with Gasteiger partial charge in [-0.3, -0.25) is 4.52 Å². The van der Waals surface area contributed by atoms with E-state index in [4.69, 9.17) is 5.73 Å². The predicted octanol–water partition coefficient (Wildman–Crippen LogP) is 1.47. The molecule has 0 amide bonds. The molecule has 3 aromatic rings. The molecule has 2 N–H and O–H groups in total. The molecule has 0 saturated heterocycles. The number of nitrogen functional groups attached to an aromatic ring is 1. The van der Waals surface area contributed by atoms with Gasteiger partial charge in [-0.1, -0.05) is 5.16 Å². The first-order chi connectivity index (χ1) is 10.6. The third-order valence-electron chi connectivity index (χ3n) is 3.59. The predicted molar refractivity (Wildman–Crippen MR) is 71.7 cm³/mol. The number of aromatic nitrogens is 4. The lowest BCUT2D eigenvalue weighted by Crippen LogP contribution is -2.14. The van der Waals surface area contributed by atoms with Crippen LogP contribution in [0.5, 0.6) is 0 Å². The van der Waals surface area contributed by atoms with E-state index in [0.717, 1.165) is 17.4 Å². The molecular formula is C13H10FN5O3. The SMILES string of the molecule is Nc1nonc1-c1noc(=O)n1-c1ccc(F)c(C2CC2)c1. The van der Waals surface area contributed by atoms with Gasteiger partial charge in [0.15, 0.2) is 11.5 Å². The molecule has 8 nitrogen and oxygen atoms in total. The zero-order valence-corrected chi connectivity index (χ0v) is 11.2. The van der Waals surface area contributed by atoms with Crippen LogP contribution in [0, 0.1) is 5.82 Å². The molecule has 1 aliphatic rings. The number of nitrogens with two attached hydrogens (primary N) is 1. The van der Waals surface area contributed by atoms with E-state index in [9.17, 15) is 9.18 Å². The van der Waals surface area contributed by atoms with E-state index in [1.54, 1.807) is 6.07 Å². The van der Waals surface area contributed by atoms with Gasteiger partial charge in [0.2, 0.25) is 5.82 Å². The molecule has 0 atom stereocenters. The van der Waals surface area contributed by atoms with E-state index in [1.807, 2.05) is 0 Å². The minimum Gasteiger partial charge on any atom is -0.379 e. The lowest BCUT2D eigenvalue weighted by atomic mass is 10.1. The van der Waals surface area contributed by atoms with Crippen LogP contribution < -0.4 is 11.5 Å². The average molecular weight is 303 g/mol. The van der Waals surface area contributed by atoms with Crippen molar-refractivity contribution in [2.24, 2.45) is 0 Å². The molecule has 0 bridgehead atoms. The zero-order chi connectivity index (χ0) is 15.3. The summed E-state index contributed by atoms with van der Waals surface area (Å²) >= 11 is 0. The Bertz CT molecular complexity index is 909. The second-order valence-corrected chi connectivity index (χ2v) is 5.09. The van der Waals surface area contributed by atoms with Crippen molar-refractivity contribution in [3.63, 3.8) is 0 Å². The van der Waals surface area contributed by atoms with Crippen molar-refractivity contribution in [2.75, 3.05) is 5.73 Å². The lowest BCUT2D eigenvalue weighted by Gasteiger charge is -2.06. The van der Waals surface area contributed by atoms with Crippen LogP contribution in [-0.4, -0.2) is 20.0 Å². The zero-order valence-electron chi connectivity index (χ0n) is 11.2. The van der Waals surface area contributed by atoms with Crippen molar-refractivity contribution in [1.82, 2.24) is 20.0 Å². The first-order valence-corrected chi connectivity index (χ1v) is 6.62. The molecule has 2 aromatic heterocycles. The summed E-state index contributed by atoms with van der Waals surface area (Å²) in [5.41, 5.74) is 6.70. The van der Waals surface area contributed by atoms with Crippen LogP contribution in [0.1, 0.15) is 24.3 Å². The number of halogens is 1. The Labute approximate surface area is 122 Å². The maximum atomic E-state index is 13.9. The number of benzene rings is 1. The molecule has 9 heteroatoms. The van der Waals surface area contributed by atoms with Crippen LogP contribution >= 0.6 is 0 Å². The minimum atomic E-state index is -0.731. The Hall–Kier alpha value is -2.97. The topological polar surface area (TPSA) is 113 Å². The fourth-order valence-electron chi connectivity index (χ4n) is 2.36. The molecule has 4 rings (SSSR count). The highest BCUT2D eigenvalue weighted by Gasteiger charge is 2.28. The van der Waals surface area contributed by atoms with Crippen molar-refractivity contribution >= 4 is 5.82 Å². The highest BCUT2D eigenvalue weighted by molar-refractivity contribution is 5.64. The summed E-state index contributed by atoms with van der Waals surface area (Å²) < 4.78 is 24.2. The van der Waals surface area contributed by atoms with Crippen LogP contribution in [0.2, 0.25) is 0 Å². The van der Waals surface area contributed by atoms with Gasteiger partial charge in [0.05, 0.1) is 5.69 Å². The second kappa shape index (κ2) is 4.52. The monoisotopic (exact) mass is 303 g/mol. The molecular weight excluding hydrogens is 293 g/mol. The first kappa shape index (κ1) is 12.7. The smallest absolute Gasteiger partial charge is 0.379 e. The molecule has 1 saturated carbocycles. The van der Waals surface area contributed by atoms with Gasteiger partial charge in [-0.2, -0.15) is 0 Å². The Morgan fingerprint density at radius 2 is 2.09 bits per heavy atom. The van der Waals surface area contributed by atoms with E-state index in [0.29, 0.717) is 11.3 Å². The first-order valence-electron chi connectivity index (χ1n) is 6.62.